The molecule has 2 unspecified atom stereocenters. The molecule has 1 saturated carbocycles. The zero-order chi connectivity index (χ0) is 14.4. The molecule has 1 aromatic heterocycles. The summed E-state index contributed by atoms with van der Waals surface area (Å²) in [4.78, 5) is 1.34. The Morgan fingerprint density at radius 3 is 2.65 bits per heavy atom. The molecule has 0 spiro atoms. The quantitative estimate of drug-likeness (QED) is 0.799. The Labute approximate surface area is 131 Å². The predicted octanol–water partition coefficient (Wildman–Crippen LogP) is 4.52. The minimum Gasteiger partial charge on any atom is -0.377 e. The highest BCUT2D eigenvalue weighted by atomic mass is 35.5. The second-order valence-corrected chi connectivity index (χ2v) is 7.42. The van der Waals surface area contributed by atoms with E-state index < -0.39 is 0 Å². The highest BCUT2D eigenvalue weighted by Crippen LogP contribution is 2.31. The number of rotatable bonds is 7. The first-order valence-electron chi connectivity index (χ1n) is 7.77. The summed E-state index contributed by atoms with van der Waals surface area (Å²) in [6.45, 7) is 2.90. The molecule has 0 aliphatic heterocycles. The summed E-state index contributed by atoms with van der Waals surface area (Å²) in [6.07, 6.45) is 8.06. The van der Waals surface area contributed by atoms with Gasteiger partial charge in [0.2, 0.25) is 0 Å². The maximum absolute atomic E-state index is 6.12. The summed E-state index contributed by atoms with van der Waals surface area (Å²) in [7, 11) is 2.05. The number of halogens is 1. The maximum Gasteiger partial charge on any atom is 0.0931 e. The summed E-state index contributed by atoms with van der Waals surface area (Å²) in [5.41, 5.74) is 0. The molecule has 114 valence electrons. The third-order valence-electron chi connectivity index (χ3n) is 4.29. The first-order valence-corrected chi connectivity index (χ1v) is 8.97. The van der Waals surface area contributed by atoms with Gasteiger partial charge in [0.05, 0.1) is 10.4 Å². The number of hydrogen-bond donors (Lipinski definition) is 1. The van der Waals surface area contributed by atoms with E-state index in [1.165, 1.54) is 37.0 Å². The van der Waals surface area contributed by atoms with Crippen molar-refractivity contribution in [1.29, 1.82) is 0 Å². The van der Waals surface area contributed by atoms with Crippen molar-refractivity contribution in [3.8, 4) is 0 Å². The predicted molar refractivity (Wildman–Crippen MR) is 87.9 cm³/mol. The van der Waals surface area contributed by atoms with Crippen molar-refractivity contribution in [2.45, 2.75) is 57.6 Å². The first kappa shape index (κ1) is 16.3. The Bertz CT molecular complexity index is 390. The largest absolute Gasteiger partial charge is 0.377 e. The molecular formula is C16H26ClNOS. The average Bonchev–Trinajstić information content (AvgIpc) is 2.89. The molecule has 0 aromatic carbocycles. The van der Waals surface area contributed by atoms with Crippen LogP contribution in [0, 0.1) is 5.92 Å². The summed E-state index contributed by atoms with van der Waals surface area (Å²) < 4.78 is 7.00. The lowest BCUT2D eigenvalue weighted by Gasteiger charge is -2.35. The molecule has 4 heteroatoms. The van der Waals surface area contributed by atoms with E-state index in [1.54, 1.807) is 11.3 Å². The van der Waals surface area contributed by atoms with Gasteiger partial charge in [0.25, 0.3) is 0 Å². The van der Waals surface area contributed by atoms with Crippen molar-refractivity contribution in [2.24, 2.45) is 5.92 Å². The van der Waals surface area contributed by atoms with Gasteiger partial charge in [-0.2, -0.15) is 0 Å². The van der Waals surface area contributed by atoms with Crippen molar-refractivity contribution >= 4 is 22.9 Å². The Kier molecular flexibility index (Phi) is 6.82. The number of nitrogens with one attached hydrogen (secondary N) is 1. The van der Waals surface area contributed by atoms with Crippen LogP contribution in [0.5, 0.6) is 0 Å². The fourth-order valence-electron chi connectivity index (χ4n) is 3.30. The lowest BCUT2D eigenvalue weighted by Crippen LogP contribution is -2.46. The Morgan fingerprint density at radius 2 is 2.10 bits per heavy atom. The van der Waals surface area contributed by atoms with E-state index in [2.05, 4.69) is 25.4 Å². The van der Waals surface area contributed by atoms with Crippen molar-refractivity contribution in [1.82, 2.24) is 5.32 Å². The molecule has 1 aliphatic carbocycles. The van der Waals surface area contributed by atoms with E-state index in [1.807, 2.05) is 6.07 Å². The molecule has 20 heavy (non-hydrogen) atoms. The molecule has 1 aromatic rings. The highest BCUT2D eigenvalue weighted by molar-refractivity contribution is 7.16. The van der Waals surface area contributed by atoms with Gasteiger partial charge in [-0.05, 0) is 51.3 Å². The van der Waals surface area contributed by atoms with Crippen LogP contribution in [-0.2, 0) is 11.2 Å². The number of likely N-dealkylation sites (N-methyl/N-ethyl adjacent to an activating group) is 1. The zero-order valence-electron chi connectivity index (χ0n) is 12.5. The lowest BCUT2D eigenvalue weighted by atomic mass is 9.81. The van der Waals surface area contributed by atoms with Crippen LogP contribution < -0.4 is 5.32 Å². The number of hydrogen-bond acceptors (Lipinski definition) is 3. The van der Waals surface area contributed by atoms with Crippen LogP contribution in [0.1, 0.15) is 43.9 Å². The number of thiophene rings is 1. The number of ether oxygens (including phenoxy) is 1. The standard InChI is InChI=1S/C16H26ClNOS/c1-3-19-16(12-7-5-4-6-8-12)14(18-2)11-13-9-10-15(17)20-13/h9-10,12,14,16,18H,3-8,11H2,1-2H3. The van der Waals surface area contributed by atoms with Crippen molar-refractivity contribution in [2.75, 3.05) is 13.7 Å². The Balaban J connectivity index is 2.03. The van der Waals surface area contributed by atoms with Crippen LogP contribution in [0.25, 0.3) is 0 Å². The van der Waals surface area contributed by atoms with Crippen LogP contribution in [0.2, 0.25) is 4.34 Å². The molecule has 0 saturated heterocycles. The smallest absolute Gasteiger partial charge is 0.0931 e. The van der Waals surface area contributed by atoms with Crippen molar-refractivity contribution < 1.29 is 4.74 Å². The SMILES string of the molecule is CCOC(C1CCCCC1)C(Cc1ccc(Cl)s1)NC. The van der Waals surface area contributed by atoms with Gasteiger partial charge in [-0.3, -0.25) is 0 Å². The molecule has 1 N–H and O–H groups in total. The average molecular weight is 316 g/mol. The van der Waals surface area contributed by atoms with E-state index in [4.69, 9.17) is 16.3 Å². The van der Waals surface area contributed by atoms with Crippen LogP contribution in [0.3, 0.4) is 0 Å². The highest BCUT2D eigenvalue weighted by Gasteiger charge is 2.30. The zero-order valence-corrected chi connectivity index (χ0v) is 14.1. The molecule has 1 aliphatic rings. The van der Waals surface area contributed by atoms with Gasteiger partial charge >= 0.3 is 0 Å². The van der Waals surface area contributed by atoms with E-state index in [9.17, 15) is 0 Å². The van der Waals surface area contributed by atoms with Gasteiger partial charge in [0.15, 0.2) is 0 Å². The Hall–Kier alpha value is -0.0900. The van der Waals surface area contributed by atoms with Gasteiger partial charge in [-0.15, -0.1) is 11.3 Å². The maximum atomic E-state index is 6.12. The van der Waals surface area contributed by atoms with Gasteiger partial charge in [0, 0.05) is 17.5 Å². The summed E-state index contributed by atoms with van der Waals surface area (Å²) >= 11 is 7.73. The molecule has 0 bridgehead atoms. The first-order chi connectivity index (χ1) is 9.74. The molecule has 0 radical (unpaired) electrons. The van der Waals surface area contributed by atoms with Gasteiger partial charge < -0.3 is 10.1 Å². The van der Waals surface area contributed by atoms with Crippen molar-refractivity contribution in [3.05, 3.63) is 21.3 Å². The minimum absolute atomic E-state index is 0.325. The molecular weight excluding hydrogens is 290 g/mol. The van der Waals surface area contributed by atoms with E-state index in [0.717, 1.165) is 17.4 Å². The molecule has 2 atom stereocenters. The van der Waals surface area contributed by atoms with E-state index in [-0.39, 0.29) is 0 Å². The van der Waals surface area contributed by atoms with Gasteiger partial charge in [0.1, 0.15) is 0 Å². The van der Waals surface area contributed by atoms with E-state index >= 15 is 0 Å². The summed E-state index contributed by atoms with van der Waals surface area (Å²) in [5, 5.41) is 3.48. The van der Waals surface area contributed by atoms with E-state index in [0.29, 0.717) is 18.1 Å². The fraction of sp³-hybridized carbons (Fsp3) is 0.750. The molecule has 2 nitrogen and oxygen atoms in total. The molecule has 0 amide bonds. The summed E-state index contributed by atoms with van der Waals surface area (Å²) in [6, 6.07) is 4.51. The Morgan fingerprint density at radius 1 is 1.35 bits per heavy atom. The van der Waals surface area contributed by atoms with Gasteiger partial charge in [-0.1, -0.05) is 30.9 Å². The normalized spacial score (nSPS) is 19.9. The topological polar surface area (TPSA) is 21.3 Å². The van der Waals surface area contributed by atoms with Crippen LogP contribution in [0.4, 0.5) is 0 Å². The second kappa shape index (κ2) is 8.38. The molecule has 1 fully saturated rings. The van der Waals surface area contributed by atoms with Gasteiger partial charge in [-0.25, -0.2) is 0 Å². The monoisotopic (exact) mass is 315 g/mol. The van der Waals surface area contributed by atoms with Crippen LogP contribution >= 0.6 is 22.9 Å². The lowest BCUT2D eigenvalue weighted by molar-refractivity contribution is -0.0157. The minimum atomic E-state index is 0.325. The summed E-state index contributed by atoms with van der Waals surface area (Å²) in [5.74, 6) is 0.705. The molecule has 2 rings (SSSR count). The second-order valence-electron chi connectivity index (χ2n) is 5.62. The third-order valence-corrected chi connectivity index (χ3v) is 5.54. The van der Waals surface area contributed by atoms with Crippen molar-refractivity contribution in [3.63, 3.8) is 0 Å². The third kappa shape index (κ3) is 4.45. The van der Waals surface area contributed by atoms with Crippen LogP contribution in [-0.4, -0.2) is 25.8 Å². The molecule has 1 heterocycles. The fourth-order valence-corrected chi connectivity index (χ4v) is 4.44. The van der Waals surface area contributed by atoms with Crippen LogP contribution in [0.15, 0.2) is 12.1 Å².